The molecule has 0 bridgehead atoms. The van der Waals surface area contributed by atoms with Crippen molar-refractivity contribution in [2.45, 2.75) is 40.2 Å². The largest absolute Gasteiger partial charge is 0.373 e. The first-order valence-corrected chi connectivity index (χ1v) is 7.33. The highest BCUT2D eigenvalue weighted by Crippen LogP contribution is 2.25. The van der Waals surface area contributed by atoms with Gasteiger partial charge in [0, 0.05) is 18.8 Å². The smallest absolute Gasteiger partial charge is 0.144 e. The highest BCUT2D eigenvalue weighted by molar-refractivity contribution is 5.34. The number of nitrogens with one attached hydrogen (secondary N) is 1. The summed E-state index contributed by atoms with van der Waals surface area (Å²) in [6.07, 6.45) is 2.62. The van der Waals surface area contributed by atoms with Crippen molar-refractivity contribution in [3.8, 4) is 0 Å². The van der Waals surface area contributed by atoms with Crippen molar-refractivity contribution in [3.63, 3.8) is 0 Å². The summed E-state index contributed by atoms with van der Waals surface area (Å²) in [6.45, 7) is 9.93. The van der Waals surface area contributed by atoms with Gasteiger partial charge in [0.2, 0.25) is 0 Å². The van der Waals surface area contributed by atoms with Gasteiger partial charge in [0.25, 0.3) is 0 Å². The quantitative estimate of drug-likeness (QED) is 0.906. The Bertz CT molecular complexity index is 409. The normalized spacial score (nSPS) is 17.9. The third-order valence-electron chi connectivity index (χ3n) is 4.10. The average Bonchev–Trinajstić information content (AvgIpc) is 2.38. The SMILES string of the molecule is CNc1cc(C)nc(CN2CCC(C(C)C)CC2)n1. The maximum absolute atomic E-state index is 4.54. The highest BCUT2D eigenvalue weighted by Gasteiger charge is 2.22. The third kappa shape index (κ3) is 3.90. The summed E-state index contributed by atoms with van der Waals surface area (Å²) in [6, 6.07) is 1.98. The van der Waals surface area contributed by atoms with E-state index in [0.717, 1.165) is 35.7 Å². The molecular formula is C15H26N4. The van der Waals surface area contributed by atoms with Gasteiger partial charge in [-0.1, -0.05) is 13.8 Å². The summed E-state index contributed by atoms with van der Waals surface area (Å²) in [5, 5.41) is 3.10. The van der Waals surface area contributed by atoms with E-state index < -0.39 is 0 Å². The molecule has 1 aromatic rings. The zero-order valence-electron chi connectivity index (χ0n) is 12.6. The molecule has 1 aliphatic rings. The van der Waals surface area contributed by atoms with Crippen molar-refractivity contribution in [1.82, 2.24) is 14.9 Å². The van der Waals surface area contributed by atoms with E-state index in [-0.39, 0.29) is 0 Å². The fourth-order valence-corrected chi connectivity index (χ4v) is 2.81. The molecule has 0 amide bonds. The summed E-state index contributed by atoms with van der Waals surface area (Å²) >= 11 is 0. The number of piperidine rings is 1. The van der Waals surface area contributed by atoms with E-state index in [1.165, 1.54) is 25.9 Å². The van der Waals surface area contributed by atoms with Crippen LogP contribution < -0.4 is 5.32 Å². The van der Waals surface area contributed by atoms with Gasteiger partial charge < -0.3 is 5.32 Å². The van der Waals surface area contributed by atoms with E-state index in [0.29, 0.717) is 0 Å². The average molecular weight is 262 g/mol. The summed E-state index contributed by atoms with van der Waals surface area (Å²) in [4.78, 5) is 11.6. The molecule has 2 heterocycles. The van der Waals surface area contributed by atoms with Gasteiger partial charge in [-0.25, -0.2) is 9.97 Å². The van der Waals surface area contributed by atoms with Crippen molar-refractivity contribution >= 4 is 5.82 Å². The minimum Gasteiger partial charge on any atom is -0.373 e. The zero-order valence-corrected chi connectivity index (χ0v) is 12.6. The number of hydrogen-bond donors (Lipinski definition) is 1. The van der Waals surface area contributed by atoms with Crippen LogP contribution in [0.4, 0.5) is 5.82 Å². The molecule has 1 aliphatic heterocycles. The van der Waals surface area contributed by atoms with Crippen LogP contribution in [0.1, 0.15) is 38.2 Å². The number of nitrogens with zero attached hydrogens (tertiary/aromatic N) is 3. The van der Waals surface area contributed by atoms with Gasteiger partial charge in [-0.2, -0.15) is 0 Å². The van der Waals surface area contributed by atoms with Gasteiger partial charge in [-0.15, -0.1) is 0 Å². The lowest BCUT2D eigenvalue weighted by molar-refractivity contribution is 0.149. The van der Waals surface area contributed by atoms with Crippen molar-refractivity contribution in [2.24, 2.45) is 11.8 Å². The first-order chi connectivity index (χ1) is 9.08. The lowest BCUT2D eigenvalue weighted by Crippen LogP contribution is -2.35. The van der Waals surface area contributed by atoms with Gasteiger partial charge in [-0.3, -0.25) is 4.90 Å². The van der Waals surface area contributed by atoms with Crippen molar-refractivity contribution in [2.75, 3.05) is 25.5 Å². The number of hydrogen-bond acceptors (Lipinski definition) is 4. The van der Waals surface area contributed by atoms with Crippen LogP contribution in [-0.2, 0) is 6.54 Å². The monoisotopic (exact) mass is 262 g/mol. The summed E-state index contributed by atoms with van der Waals surface area (Å²) in [7, 11) is 1.90. The van der Waals surface area contributed by atoms with Gasteiger partial charge in [0.1, 0.15) is 11.6 Å². The van der Waals surface area contributed by atoms with Gasteiger partial charge in [-0.05, 0) is 44.7 Å². The van der Waals surface area contributed by atoms with Gasteiger partial charge in [0.15, 0.2) is 0 Å². The molecule has 0 saturated carbocycles. The molecule has 1 N–H and O–H groups in total. The van der Waals surface area contributed by atoms with Crippen LogP contribution in [0.25, 0.3) is 0 Å². The fourth-order valence-electron chi connectivity index (χ4n) is 2.81. The second-order valence-corrected chi connectivity index (χ2v) is 5.92. The summed E-state index contributed by atoms with van der Waals surface area (Å²) in [5.41, 5.74) is 1.03. The molecule has 4 heteroatoms. The maximum Gasteiger partial charge on any atom is 0.144 e. The van der Waals surface area contributed by atoms with E-state index in [1.54, 1.807) is 0 Å². The van der Waals surface area contributed by atoms with E-state index in [1.807, 2.05) is 20.0 Å². The lowest BCUT2D eigenvalue weighted by Gasteiger charge is -2.33. The van der Waals surface area contributed by atoms with Gasteiger partial charge >= 0.3 is 0 Å². The van der Waals surface area contributed by atoms with E-state index in [4.69, 9.17) is 0 Å². The molecule has 1 fully saturated rings. The standard InChI is InChI=1S/C15H26N4/c1-11(2)13-5-7-19(8-6-13)10-15-17-12(3)9-14(16-4)18-15/h9,11,13H,5-8,10H2,1-4H3,(H,16,17,18). The number of aryl methyl sites for hydroxylation is 1. The zero-order chi connectivity index (χ0) is 13.8. The van der Waals surface area contributed by atoms with Crippen LogP contribution in [0.2, 0.25) is 0 Å². The molecule has 0 radical (unpaired) electrons. The predicted octanol–water partition coefficient (Wildman–Crippen LogP) is 2.69. The minimum atomic E-state index is 0.813. The predicted molar refractivity (Wildman–Crippen MR) is 79.2 cm³/mol. The van der Waals surface area contributed by atoms with Crippen molar-refractivity contribution in [1.29, 1.82) is 0 Å². The minimum absolute atomic E-state index is 0.813. The molecule has 0 spiro atoms. The summed E-state index contributed by atoms with van der Waals surface area (Å²) in [5.74, 6) is 3.56. The Morgan fingerprint density at radius 3 is 2.58 bits per heavy atom. The first-order valence-electron chi connectivity index (χ1n) is 7.33. The molecule has 2 rings (SSSR count). The molecule has 0 unspecified atom stereocenters. The molecule has 1 saturated heterocycles. The fraction of sp³-hybridized carbons (Fsp3) is 0.733. The molecule has 106 valence electrons. The topological polar surface area (TPSA) is 41.1 Å². The Labute approximate surface area is 116 Å². The van der Waals surface area contributed by atoms with Crippen molar-refractivity contribution < 1.29 is 0 Å². The Kier molecular flexibility index (Phi) is 4.75. The van der Waals surface area contributed by atoms with Crippen LogP contribution in [0.3, 0.4) is 0 Å². The molecule has 19 heavy (non-hydrogen) atoms. The van der Waals surface area contributed by atoms with E-state index >= 15 is 0 Å². The maximum atomic E-state index is 4.54. The van der Waals surface area contributed by atoms with Gasteiger partial charge in [0.05, 0.1) is 6.54 Å². The Hall–Kier alpha value is -1.16. The molecule has 0 aromatic carbocycles. The Morgan fingerprint density at radius 2 is 2.00 bits per heavy atom. The highest BCUT2D eigenvalue weighted by atomic mass is 15.2. The number of aromatic nitrogens is 2. The molecule has 1 aromatic heterocycles. The summed E-state index contributed by atoms with van der Waals surface area (Å²) < 4.78 is 0. The second kappa shape index (κ2) is 6.33. The van der Waals surface area contributed by atoms with Crippen molar-refractivity contribution in [3.05, 3.63) is 17.6 Å². The van der Waals surface area contributed by atoms with Crippen LogP contribution in [0.15, 0.2) is 6.07 Å². The number of anilines is 1. The van der Waals surface area contributed by atoms with E-state index in [2.05, 4.69) is 34.0 Å². The molecule has 0 aliphatic carbocycles. The molecule has 0 atom stereocenters. The number of rotatable bonds is 4. The van der Waals surface area contributed by atoms with Crippen LogP contribution in [0.5, 0.6) is 0 Å². The lowest BCUT2D eigenvalue weighted by atomic mass is 9.87. The number of likely N-dealkylation sites (tertiary alicyclic amines) is 1. The van der Waals surface area contributed by atoms with Crippen LogP contribution in [0, 0.1) is 18.8 Å². The van der Waals surface area contributed by atoms with Crippen LogP contribution >= 0.6 is 0 Å². The molecular weight excluding hydrogens is 236 g/mol. The van der Waals surface area contributed by atoms with Crippen LogP contribution in [-0.4, -0.2) is 35.0 Å². The molecule has 4 nitrogen and oxygen atoms in total. The Morgan fingerprint density at radius 1 is 1.32 bits per heavy atom. The Balaban J connectivity index is 1.93. The third-order valence-corrected chi connectivity index (χ3v) is 4.10. The second-order valence-electron chi connectivity index (χ2n) is 5.92. The van der Waals surface area contributed by atoms with E-state index in [9.17, 15) is 0 Å². The first kappa shape index (κ1) is 14.3.